The average molecular weight is 247 g/mol. The molecule has 0 radical (unpaired) electrons. The van der Waals surface area contributed by atoms with E-state index in [1.807, 2.05) is 0 Å². The number of carbonyl (C=O) groups is 1. The molecule has 0 spiro atoms. The maximum absolute atomic E-state index is 12.7. The van der Waals surface area contributed by atoms with E-state index in [4.69, 9.17) is 0 Å². The summed E-state index contributed by atoms with van der Waals surface area (Å²) in [5.41, 5.74) is -1.45. The van der Waals surface area contributed by atoms with E-state index in [0.29, 0.717) is 6.42 Å². The number of esters is 1. The van der Waals surface area contributed by atoms with Gasteiger partial charge in [-0.1, -0.05) is 6.92 Å². The Balaban J connectivity index is 3.25. The standard InChI is InChI=1S/C11H12F3NO2/c1-3-7-5-6-8(10(16)17-4-2)9(15-7)11(12,13)14/h5-6H,3-4H2,1-2H3. The first-order valence-electron chi connectivity index (χ1n) is 5.14. The smallest absolute Gasteiger partial charge is 0.434 e. The number of hydrogen-bond donors (Lipinski definition) is 0. The zero-order chi connectivity index (χ0) is 13.1. The number of pyridine rings is 1. The highest BCUT2D eigenvalue weighted by Gasteiger charge is 2.37. The van der Waals surface area contributed by atoms with Crippen LogP contribution in [0, 0.1) is 0 Å². The number of aryl methyl sites for hydroxylation is 1. The second-order valence-electron chi connectivity index (χ2n) is 3.27. The van der Waals surface area contributed by atoms with Gasteiger partial charge in [-0.15, -0.1) is 0 Å². The number of nitrogens with zero attached hydrogens (tertiary/aromatic N) is 1. The highest BCUT2D eigenvalue weighted by Crippen LogP contribution is 2.31. The van der Waals surface area contributed by atoms with Crippen LogP contribution >= 0.6 is 0 Å². The van der Waals surface area contributed by atoms with Crippen LogP contribution in [0.3, 0.4) is 0 Å². The van der Waals surface area contributed by atoms with Crippen LogP contribution in [0.25, 0.3) is 0 Å². The van der Waals surface area contributed by atoms with Gasteiger partial charge < -0.3 is 4.74 Å². The Hall–Kier alpha value is -1.59. The number of ether oxygens (including phenoxy) is 1. The van der Waals surface area contributed by atoms with Gasteiger partial charge in [0.2, 0.25) is 0 Å². The Morgan fingerprint density at radius 1 is 1.35 bits per heavy atom. The lowest BCUT2D eigenvalue weighted by Gasteiger charge is -2.12. The van der Waals surface area contributed by atoms with Crippen LogP contribution in [-0.4, -0.2) is 17.6 Å². The van der Waals surface area contributed by atoms with Crippen molar-refractivity contribution in [1.29, 1.82) is 0 Å². The summed E-state index contributed by atoms with van der Waals surface area (Å²) < 4.78 is 42.6. The Morgan fingerprint density at radius 3 is 2.47 bits per heavy atom. The summed E-state index contributed by atoms with van der Waals surface area (Å²) in [5.74, 6) is -1.00. The Labute approximate surface area is 96.6 Å². The molecule has 0 aromatic carbocycles. The summed E-state index contributed by atoms with van der Waals surface area (Å²) in [6, 6.07) is 2.49. The third-order valence-electron chi connectivity index (χ3n) is 2.08. The number of halogens is 3. The number of carbonyl (C=O) groups excluding carboxylic acids is 1. The zero-order valence-corrected chi connectivity index (χ0v) is 9.47. The van der Waals surface area contributed by atoms with Crippen molar-refractivity contribution in [3.63, 3.8) is 0 Å². The van der Waals surface area contributed by atoms with Gasteiger partial charge in [0.25, 0.3) is 0 Å². The lowest BCUT2D eigenvalue weighted by molar-refractivity contribution is -0.141. The van der Waals surface area contributed by atoms with Gasteiger partial charge >= 0.3 is 12.1 Å². The van der Waals surface area contributed by atoms with Gasteiger partial charge in [-0.25, -0.2) is 9.78 Å². The molecule has 0 saturated heterocycles. The Morgan fingerprint density at radius 2 is 2.00 bits per heavy atom. The van der Waals surface area contributed by atoms with Gasteiger partial charge in [-0.05, 0) is 25.5 Å². The van der Waals surface area contributed by atoms with Crippen molar-refractivity contribution in [3.8, 4) is 0 Å². The molecular formula is C11H12F3NO2. The predicted octanol–water partition coefficient (Wildman–Crippen LogP) is 2.84. The minimum atomic E-state index is -4.66. The van der Waals surface area contributed by atoms with Crippen LogP contribution in [0.2, 0.25) is 0 Å². The number of aromatic nitrogens is 1. The normalized spacial score (nSPS) is 11.4. The third-order valence-corrected chi connectivity index (χ3v) is 2.08. The number of rotatable bonds is 3. The largest absolute Gasteiger partial charge is 0.462 e. The second-order valence-corrected chi connectivity index (χ2v) is 3.27. The maximum atomic E-state index is 12.7. The maximum Gasteiger partial charge on any atom is 0.434 e. The lowest BCUT2D eigenvalue weighted by Crippen LogP contribution is -2.18. The van der Waals surface area contributed by atoms with Crippen molar-refractivity contribution in [2.75, 3.05) is 6.61 Å². The second kappa shape index (κ2) is 5.16. The summed E-state index contributed by atoms with van der Waals surface area (Å²) in [4.78, 5) is 14.8. The first-order chi connectivity index (χ1) is 7.90. The van der Waals surface area contributed by atoms with E-state index in [-0.39, 0.29) is 12.3 Å². The van der Waals surface area contributed by atoms with Crippen molar-refractivity contribution in [1.82, 2.24) is 4.98 Å². The van der Waals surface area contributed by atoms with Gasteiger partial charge in [0, 0.05) is 5.69 Å². The van der Waals surface area contributed by atoms with E-state index in [0.717, 1.165) is 6.07 Å². The molecule has 0 aliphatic rings. The molecule has 0 N–H and O–H groups in total. The van der Waals surface area contributed by atoms with E-state index < -0.39 is 23.4 Å². The molecule has 0 saturated carbocycles. The van der Waals surface area contributed by atoms with E-state index >= 15 is 0 Å². The minimum absolute atomic E-state index is 0.0195. The molecular weight excluding hydrogens is 235 g/mol. The number of hydrogen-bond acceptors (Lipinski definition) is 3. The molecule has 3 nitrogen and oxygen atoms in total. The van der Waals surface area contributed by atoms with Gasteiger partial charge in [0.05, 0.1) is 12.2 Å². The van der Waals surface area contributed by atoms with E-state index in [9.17, 15) is 18.0 Å². The molecule has 94 valence electrons. The predicted molar refractivity (Wildman–Crippen MR) is 54.6 cm³/mol. The summed E-state index contributed by atoms with van der Waals surface area (Å²) >= 11 is 0. The molecule has 1 heterocycles. The van der Waals surface area contributed by atoms with Crippen molar-refractivity contribution in [2.24, 2.45) is 0 Å². The average Bonchev–Trinajstić information content (AvgIpc) is 2.27. The van der Waals surface area contributed by atoms with Crippen LogP contribution < -0.4 is 0 Å². The molecule has 0 amide bonds. The molecule has 17 heavy (non-hydrogen) atoms. The summed E-state index contributed by atoms with van der Waals surface area (Å²) in [5, 5.41) is 0. The number of alkyl halides is 3. The monoisotopic (exact) mass is 247 g/mol. The fourth-order valence-electron chi connectivity index (χ4n) is 1.29. The van der Waals surface area contributed by atoms with Crippen LogP contribution in [0.1, 0.15) is 35.6 Å². The molecule has 1 aromatic rings. The SMILES string of the molecule is CCOC(=O)c1ccc(CC)nc1C(F)(F)F. The van der Waals surface area contributed by atoms with Gasteiger partial charge in [0.15, 0.2) is 5.69 Å². The summed E-state index contributed by atoms with van der Waals surface area (Å²) in [7, 11) is 0. The fourth-order valence-corrected chi connectivity index (χ4v) is 1.29. The van der Waals surface area contributed by atoms with Crippen LogP contribution in [0.15, 0.2) is 12.1 Å². The van der Waals surface area contributed by atoms with Crippen molar-refractivity contribution >= 4 is 5.97 Å². The molecule has 6 heteroatoms. The van der Waals surface area contributed by atoms with Gasteiger partial charge in [-0.2, -0.15) is 13.2 Å². The first kappa shape index (κ1) is 13.5. The molecule has 0 bridgehead atoms. The Kier molecular flexibility index (Phi) is 4.09. The first-order valence-corrected chi connectivity index (χ1v) is 5.14. The zero-order valence-electron chi connectivity index (χ0n) is 9.47. The van der Waals surface area contributed by atoms with Gasteiger partial charge in [0.1, 0.15) is 0 Å². The summed E-state index contributed by atoms with van der Waals surface area (Å²) in [6.07, 6.45) is -4.29. The van der Waals surface area contributed by atoms with Crippen LogP contribution in [0.4, 0.5) is 13.2 Å². The van der Waals surface area contributed by atoms with Crippen molar-refractivity contribution < 1.29 is 22.7 Å². The van der Waals surface area contributed by atoms with Crippen LogP contribution in [-0.2, 0) is 17.3 Å². The fraction of sp³-hybridized carbons (Fsp3) is 0.455. The lowest BCUT2D eigenvalue weighted by atomic mass is 10.1. The van der Waals surface area contributed by atoms with E-state index in [1.165, 1.54) is 13.0 Å². The topological polar surface area (TPSA) is 39.2 Å². The van der Waals surface area contributed by atoms with Crippen LogP contribution in [0.5, 0.6) is 0 Å². The molecule has 0 unspecified atom stereocenters. The Bertz CT molecular complexity index is 416. The van der Waals surface area contributed by atoms with E-state index in [2.05, 4.69) is 9.72 Å². The molecule has 0 fully saturated rings. The summed E-state index contributed by atoms with van der Waals surface area (Å²) in [6.45, 7) is 3.23. The molecule has 1 aromatic heterocycles. The highest BCUT2D eigenvalue weighted by atomic mass is 19.4. The minimum Gasteiger partial charge on any atom is -0.462 e. The van der Waals surface area contributed by atoms with Crippen molar-refractivity contribution in [3.05, 3.63) is 29.1 Å². The molecule has 0 aliphatic carbocycles. The quantitative estimate of drug-likeness (QED) is 0.771. The molecule has 0 aliphatic heterocycles. The van der Waals surface area contributed by atoms with Gasteiger partial charge in [-0.3, -0.25) is 0 Å². The third kappa shape index (κ3) is 3.18. The molecule has 0 atom stereocenters. The van der Waals surface area contributed by atoms with E-state index in [1.54, 1.807) is 6.92 Å². The highest BCUT2D eigenvalue weighted by molar-refractivity contribution is 5.90. The molecule has 1 rings (SSSR count). The van der Waals surface area contributed by atoms with Crippen molar-refractivity contribution in [2.45, 2.75) is 26.4 Å².